The van der Waals surface area contributed by atoms with Crippen molar-refractivity contribution in [1.82, 2.24) is 5.32 Å². The van der Waals surface area contributed by atoms with Crippen molar-refractivity contribution in [1.29, 1.82) is 0 Å². The number of thiocarbonyl (C=S) groups is 1. The van der Waals surface area contributed by atoms with Gasteiger partial charge in [-0.15, -0.1) is 11.8 Å². The minimum atomic E-state index is 0.169. The van der Waals surface area contributed by atoms with Crippen LogP contribution in [0.4, 0.5) is 0 Å². The Morgan fingerprint density at radius 1 is 1.21 bits per heavy atom. The summed E-state index contributed by atoms with van der Waals surface area (Å²) in [4.78, 5) is 0. The molecule has 0 aliphatic carbocycles. The van der Waals surface area contributed by atoms with Crippen molar-refractivity contribution >= 4 is 28.3 Å². The molecule has 0 saturated carbocycles. The first-order chi connectivity index (χ1) is 6.60. The smallest absolute Gasteiger partial charge is 0.133 e. The van der Waals surface area contributed by atoms with Crippen LogP contribution < -0.4 is 5.32 Å². The average Bonchev–Trinajstić information content (AvgIpc) is 2.22. The van der Waals surface area contributed by atoms with Crippen molar-refractivity contribution in [2.24, 2.45) is 0 Å². The van der Waals surface area contributed by atoms with Crippen LogP contribution in [0.25, 0.3) is 0 Å². The molecule has 0 saturated heterocycles. The van der Waals surface area contributed by atoms with Crippen LogP contribution in [0.2, 0.25) is 0 Å². The van der Waals surface area contributed by atoms with E-state index in [-0.39, 0.29) is 11.5 Å². The lowest BCUT2D eigenvalue weighted by Gasteiger charge is -1.91. The van der Waals surface area contributed by atoms with Crippen LogP contribution in [0.15, 0.2) is 24.3 Å². The van der Waals surface area contributed by atoms with Gasteiger partial charge in [-0.2, -0.15) is 0 Å². The zero-order chi connectivity index (χ0) is 11.0. The molecule has 0 bridgehead atoms. The van der Waals surface area contributed by atoms with Gasteiger partial charge in [-0.3, -0.25) is 0 Å². The van der Waals surface area contributed by atoms with Crippen LogP contribution in [0.5, 0.6) is 11.5 Å². The average molecular weight is 231 g/mol. The van der Waals surface area contributed by atoms with Crippen LogP contribution in [-0.2, 0) is 0 Å². The van der Waals surface area contributed by atoms with Crippen LogP contribution in [-0.4, -0.2) is 27.8 Å². The van der Waals surface area contributed by atoms with Gasteiger partial charge in [0.1, 0.15) is 15.8 Å². The van der Waals surface area contributed by atoms with E-state index in [4.69, 9.17) is 22.4 Å². The molecule has 5 heteroatoms. The Kier molecular flexibility index (Phi) is 6.96. The standard InChI is InChI=1S/C6H6O2.C3H7NS2/c7-5-1-2-6(8)4-3-5;1-4-3(5)6-2/h1-4,7-8H;1-2H3,(H,4,5). The van der Waals surface area contributed by atoms with Gasteiger partial charge in [-0.25, -0.2) is 0 Å². The summed E-state index contributed by atoms with van der Waals surface area (Å²) in [5.41, 5.74) is 0. The van der Waals surface area contributed by atoms with Gasteiger partial charge in [-0.1, -0.05) is 12.2 Å². The molecule has 0 aliphatic heterocycles. The zero-order valence-electron chi connectivity index (χ0n) is 8.02. The lowest BCUT2D eigenvalue weighted by atomic mass is 10.3. The largest absolute Gasteiger partial charge is 0.508 e. The van der Waals surface area contributed by atoms with Gasteiger partial charge < -0.3 is 15.5 Å². The third-order valence-corrected chi connectivity index (χ3v) is 2.52. The minimum Gasteiger partial charge on any atom is -0.508 e. The molecule has 0 spiro atoms. The molecule has 1 rings (SSSR count). The number of nitrogens with one attached hydrogen (secondary N) is 1. The number of thioether (sulfide) groups is 1. The highest BCUT2D eigenvalue weighted by molar-refractivity contribution is 8.22. The van der Waals surface area contributed by atoms with Gasteiger partial charge >= 0.3 is 0 Å². The fraction of sp³-hybridized carbons (Fsp3) is 0.222. The van der Waals surface area contributed by atoms with E-state index in [0.29, 0.717) is 0 Å². The van der Waals surface area contributed by atoms with Crippen molar-refractivity contribution in [2.45, 2.75) is 0 Å². The summed E-state index contributed by atoms with van der Waals surface area (Å²) in [5.74, 6) is 0.339. The number of aromatic hydroxyl groups is 2. The molecule has 0 heterocycles. The van der Waals surface area contributed by atoms with Crippen molar-refractivity contribution < 1.29 is 10.2 Å². The van der Waals surface area contributed by atoms with Gasteiger partial charge in [0.05, 0.1) is 0 Å². The highest BCUT2D eigenvalue weighted by atomic mass is 32.2. The predicted octanol–water partition coefficient (Wildman–Crippen LogP) is 1.95. The van der Waals surface area contributed by atoms with E-state index >= 15 is 0 Å². The summed E-state index contributed by atoms with van der Waals surface area (Å²) < 4.78 is 0.843. The Hall–Kier alpha value is -0.940. The SMILES string of the molecule is CNC(=S)SC.Oc1ccc(O)cc1. The van der Waals surface area contributed by atoms with Crippen molar-refractivity contribution in [3.05, 3.63) is 24.3 Å². The summed E-state index contributed by atoms with van der Waals surface area (Å²) in [5, 5.41) is 20.1. The monoisotopic (exact) mass is 231 g/mol. The number of phenolic OH excluding ortho intramolecular Hbond substituents is 2. The topological polar surface area (TPSA) is 52.5 Å². The van der Waals surface area contributed by atoms with Gasteiger partial charge in [0.25, 0.3) is 0 Å². The maximum atomic E-state index is 8.65. The van der Waals surface area contributed by atoms with E-state index in [2.05, 4.69) is 5.32 Å². The quantitative estimate of drug-likeness (QED) is 0.471. The molecule has 0 radical (unpaired) electrons. The van der Waals surface area contributed by atoms with E-state index in [1.165, 1.54) is 24.3 Å². The van der Waals surface area contributed by atoms with Crippen molar-refractivity contribution in [3.8, 4) is 11.5 Å². The summed E-state index contributed by atoms with van der Waals surface area (Å²) in [7, 11) is 1.82. The molecule has 0 unspecified atom stereocenters. The fourth-order valence-corrected chi connectivity index (χ4v) is 0.759. The minimum absolute atomic E-state index is 0.169. The fourth-order valence-electron chi connectivity index (χ4n) is 0.555. The molecule has 1 aromatic rings. The highest BCUT2D eigenvalue weighted by Gasteiger charge is 1.84. The number of rotatable bonds is 0. The third kappa shape index (κ3) is 6.56. The summed E-state index contributed by atoms with van der Waals surface area (Å²) in [6, 6.07) is 5.70. The number of hydrogen-bond donors (Lipinski definition) is 3. The highest BCUT2D eigenvalue weighted by Crippen LogP contribution is 2.13. The van der Waals surface area contributed by atoms with Gasteiger partial charge in [0, 0.05) is 7.05 Å². The Bertz CT molecular complexity index is 248. The van der Waals surface area contributed by atoms with Crippen LogP contribution in [0.1, 0.15) is 0 Å². The first kappa shape index (κ1) is 13.1. The molecule has 0 aromatic heterocycles. The number of phenols is 2. The lowest BCUT2D eigenvalue weighted by molar-refractivity contribution is 0.460. The molecule has 14 heavy (non-hydrogen) atoms. The summed E-state index contributed by atoms with van der Waals surface area (Å²) in [6.07, 6.45) is 1.94. The predicted molar refractivity (Wildman–Crippen MR) is 64.9 cm³/mol. The lowest BCUT2D eigenvalue weighted by Crippen LogP contribution is -2.09. The van der Waals surface area contributed by atoms with Crippen molar-refractivity contribution in [2.75, 3.05) is 13.3 Å². The van der Waals surface area contributed by atoms with E-state index in [1.54, 1.807) is 11.8 Å². The van der Waals surface area contributed by atoms with Crippen molar-refractivity contribution in [3.63, 3.8) is 0 Å². The molecule has 3 nitrogen and oxygen atoms in total. The van der Waals surface area contributed by atoms with E-state index < -0.39 is 0 Å². The molecule has 3 N–H and O–H groups in total. The second-order valence-corrected chi connectivity index (χ2v) is 3.74. The molecular weight excluding hydrogens is 218 g/mol. The van der Waals surface area contributed by atoms with Crippen LogP contribution in [0.3, 0.4) is 0 Å². The molecule has 0 amide bonds. The molecular formula is C9H13NO2S2. The van der Waals surface area contributed by atoms with E-state index in [0.717, 1.165) is 4.32 Å². The first-order valence-corrected chi connectivity index (χ1v) is 5.47. The number of hydrogen-bond acceptors (Lipinski definition) is 4. The maximum Gasteiger partial charge on any atom is 0.133 e. The molecule has 78 valence electrons. The third-order valence-electron chi connectivity index (χ3n) is 1.24. The van der Waals surface area contributed by atoms with E-state index in [9.17, 15) is 0 Å². The molecule has 0 aliphatic rings. The van der Waals surface area contributed by atoms with Gasteiger partial charge in [0.2, 0.25) is 0 Å². The Labute approximate surface area is 93.2 Å². The number of benzene rings is 1. The normalized spacial score (nSPS) is 8.43. The first-order valence-electron chi connectivity index (χ1n) is 3.84. The van der Waals surface area contributed by atoms with Gasteiger partial charge in [-0.05, 0) is 30.5 Å². The molecule has 1 aromatic carbocycles. The van der Waals surface area contributed by atoms with Crippen LogP contribution in [0, 0.1) is 0 Å². The van der Waals surface area contributed by atoms with Gasteiger partial charge in [0.15, 0.2) is 0 Å². The van der Waals surface area contributed by atoms with E-state index in [1.807, 2.05) is 13.3 Å². The Balaban J connectivity index is 0.000000255. The molecule has 0 fully saturated rings. The summed E-state index contributed by atoms with van der Waals surface area (Å²) in [6.45, 7) is 0. The maximum absolute atomic E-state index is 8.65. The second kappa shape index (κ2) is 7.46. The Morgan fingerprint density at radius 2 is 1.57 bits per heavy atom. The second-order valence-electron chi connectivity index (χ2n) is 2.26. The zero-order valence-corrected chi connectivity index (χ0v) is 9.65. The molecule has 0 atom stereocenters. The summed E-state index contributed by atoms with van der Waals surface area (Å²) >= 11 is 6.25. The Morgan fingerprint density at radius 3 is 1.71 bits per heavy atom. The van der Waals surface area contributed by atoms with Crippen LogP contribution >= 0.6 is 24.0 Å².